The van der Waals surface area contributed by atoms with Crippen molar-refractivity contribution >= 4 is 17.5 Å². The normalized spacial score (nSPS) is 12.0. The van der Waals surface area contributed by atoms with Gasteiger partial charge in [0.25, 0.3) is 0 Å². The highest BCUT2D eigenvalue weighted by Crippen LogP contribution is 2.20. The molecule has 2 aromatic heterocycles. The Hall–Kier alpha value is -1.84. The number of hydrogen-bond donors (Lipinski definition) is 0. The molecule has 0 aliphatic rings. The quantitative estimate of drug-likeness (QED) is 0.697. The predicted octanol–water partition coefficient (Wildman–Crippen LogP) is 2.81. The van der Waals surface area contributed by atoms with Gasteiger partial charge in [0.2, 0.25) is 0 Å². The first-order valence-electron chi connectivity index (χ1n) is 7.65. The number of rotatable bonds is 7. The molecule has 0 aromatic carbocycles. The van der Waals surface area contributed by atoms with E-state index in [4.69, 9.17) is 0 Å². The van der Waals surface area contributed by atoms with E-state index in [1.54, 1.807) is 25.6 Å². The number of Topliss-reactive ketones (excluding diaryl/α,β-unsaturated/α-hetero) is 1. The lowest BCUT2D eigenvalue weighted by Crippen LogP contribution is -2.22. The van der Waals surface area contributed by atoms with Crippen LogP contribution >= 0.6 is 11.8 Å². The summed E-state index contributed by atoms with van der Waals surface area (Å²) in [5.41, 5.74) is 1.65. The summed E-state index contributed by atoms with van der Waals surface area (Å²) < 4.78 is 40.8. The van der Waals surface area contributed by atoms with Gasteiger partial charge in [-0.25, -0.2) is 9.67 Å². The SMILES string of the molecule is CSCCc1nc(Cn2nc(C)c(C(C)=O)c2C)n(CC(F)(F)F)n1. The summed E-state index contributed by atoms with van der Waals surface area (Å²) in [7, 11) is 0. The highest BCUT2D eigenvalue weighted by Gasteiger charge is 2.30. The Labute approximate surface area is 147 Å². The van der Waals surface area contributed by atoms with Crippen molar-refractivity contribution in [3.05, 3.63) is 28.6 Å². The van der Waals surface area contributed by atoms with Crippen molar-refractivity contribution in [1.29, 1.82) is 0 Å². The van der Waals surface area contributed by atoms with Gasteiger partial charge in [0.05, 0.1) is 11.3 Å². The van der Waals surface area contributed by atoms with Crippen LogP contribution in [0.5, 0.6) is 0 Å². The third kappa shape index (κ3) is 4.83. The Bertz CT molecular complexity index is 766. The van der Waals surface area contributed by atoms with E-state index in [1.165, 1.54) is 11.6 Å². The van der Waals surface area contributed by atoms with E-state index in [2.05, 4.69) is 15.2 Å². The number of carbonyl (C=O) groups excluding carboxylic acids is 1. The van der Waals surface area contributed by atoms with Crippen LogP contribution < -0.4 is 0 Å². The third-order valence-corrected chi connectivity index (χ3v) is 4.29. The van der Waals surface area contributed by atoms with Gasteiger partial charge in [0.15, 0.2) is 11.6 Å². The van der Waals surface area contributed by atoms with Gasteiger partial charge in [-0.3, -0.25) is 9.48 Å². The average molecular weight is 375 g/mol. The Balaban J connectivity index is 2.35. The Morgan fingerprint density at radius 2 is 1.88 bits per heavy atom. The fourth-order valence-electron chi connectivity index (χ4n) is 2.63. The number of alkyl halides is 3. The average Bonchev–Trinajstić information content (AvgIpc) is 2.96. The molecule has 25 heavy (non-hydrogen) atoms. The molecule has 0 saturated carbocycles. The number of aromatic nitrogens is 5. The van der Waals surface area contributed by atoms with Crippen LogP contribution in [-0.4, -0.2) is 48.5 Å². The van der Waals surface area contributed by atoms with Gasteiger partial charge < -0.3 is 0 Å². The molecule has 0 aliphatic heterocycles. The number of carbonyl (C=O) groups is 1. The molecule has 2 aromatic rings. The van der Waals surface area contributed by atoms with Crippen molar-refractivity contribution in [3.63, 3.8) is 0 Å². The summed E-state index contributed by atoms with van der Waals surface area (Å²) in [5, 5.41) is 8.25. The highest BCUT2D eigenvalue weighted by atomic mass is 32.2. The fraction of sp³-hybridized carbons (Fsp3) is 0.600. The molecule has 0 bridgehead atoms. The third-order valence-electron chi connectivity index (χ3n) is 3.68. The van der Waals surface area contributed by atoms with Crippen molar-refractivity contribution in [3.8, 4) is 0 Å². The molecule has 0 N–H and O–H groups in total. The van der Waals surface area contributed by atoms with E-state index in [0.29, 0.717) is 29.2 Å². The van der Waals surface area contributed by atoms with Crippen LogP contribution in [0.4, 0.5) is 13.2 Å². The van der Waals surface area contributed by atoms with E-state index >= 15 is 0 Å². The van der Waals surface area contributed by atoms with Crippen LogP contribution in [-0.2, 0) is 19.5 Å². The minimum atomic E-state index is -4.39. The Morgan fingerprint density at radius 1 is 1.20 bits per heavy atom. The lowest BCUT2D eigenvalue weighted by atomic mass is 10.1. The van der Waals surface area contributed by atoms with E-state index < -0.39 is 12.7 Å². The van der Waals surface area contributed by atoms with Crippen molar-refractivity contribution in [2.45, 2.75) is 46.5 Å². The van der Waals surface area contributed by atoms with Crippen molar-refractivity contribution < 1.29 is 18.0 Å². The first kappa shape index (κ1) is 19.5. The zero-order valence-corrected chi connectivity index (χ0v) is 15.3. The van der Waals surface area contributed by atoms with Crippen LogP contribution in [0.2, 0.25) is 0 Å². The van der Waals surface area contributed by atoms with Gasteiger partial charge in [-0.05, 0) is 27.0 Å². The van der Waals surface area contributed by atoms with Gasteiger partial charge in [0, 0.05) is 17.9 Å². The summed E-state index contributed by atoms with van der Waals surface area (Å²) in [6, 6.07) is 0. The minimum absolute atomic E-state index is 0.0301. The van der Waals surface area contributed by atoms with E-state index in [1.807, 2.05) is 6.26 Å². The molecule has 0 saturated heterocycles. The van der Waals surface area contributed by atoms with Gasteiger partial charge in [0.1, 0.15) is 18.9 Å². The summed E-state index contributed by atoms with van der Waals surface area (Å²) in [4.78, 5) is 15.9. The van der Waals surface area contributed by atoms with Gasteiger partial charge >= 0.3 is 6.18 Å². The summed E-state index contributed by atoms with van der Waals surface area (Å²) >= 11 is 1.57. The van der Waals surface area contributed by atoms with Gasteiger partial charge in [-0.2, -0.15) is 35.1 Å². The topological polar surface area (TPSA) is 65.6 Å². The predicted molar refractivity (Wildman–Crippen MR) is 89.0 cm³/mol. The number of aryl methyl sites for hydroxylation is 2. The number of nitrogens with zero attached hydrogens (tertiary/aromatic N) is 5. The number of halogens is 3. The van der Waals surface area contributed by atoms with Crippen molar-refractivity contribution in [2.75, 3.05) is 12.0 Å². The molecule has 0 atom stereocenters. The molecule has 0 aliphatic carbocycles. The van der Waals surface area contributed by atoms with Crippen LogP contribution in [0.3, 0.4) is 0 Å². The second-order valence-corrected chi connectivity index (χ2v) is 6.71. The molecule has 2 heterocycles. The lowest BCUT2D eigenvalue weighted by molar-refractivity contribution is -0.143. The lowest BCUT2D eigenvalue weighted by Gasteiger charge is -2.10. The smallest absolute Gasteiger partial charge is 0.294 e. The first-order valence-corrected chi connectivity index (χ1v) is 9.05. The molecule has 0 radical (unpaired) electrons. The first-order chi connectivity index (χ1) is 11.6. The summed E-state index contributed by atoms with van der Waals surface area (Å²) in [5.74, 6) is 1.15. The maximum Gasteiger partial charge on any atom is 0.408 e. The van der Waals surface area contributed by atoms with E-state index in [0.717, 1.165) is 10.4 Å². The van der Waals surface area contributed by atoms with Crippen LogP contribution in [0, 0.1) is 13.8 Å². The molecule has 6 nitrogen and oxygen atoms in total. The van der Waals surface area contributed by atoms with Crippen molar-refractivity contribution in [1.82, 2.24) is 24.5 Å². The number of ketones is 1. The molecule has 0 fully saturated rings. The van der Waals surface area contributed by atoms with E-state index in [9.17, 15) is 18.0 Å². The second-order valence-electron chi connectivity index (χ2n) is 5.72. The summed E-state index contributed by atoms with van der Waals surface area (Å²) in [6.45, 7) is 3.68. The second kappa shape index (κ2) is 7.59. The summed E-state index contributed by atoms with van der Waals surface area (Å²) in [6.07, 6.45) is -1.99. The maximum absolute atomic E-state index is 12.8. The molecule has 0 unspecified atom stereocenters. The Morgan fingerprint density at radius 3 is 2.40 bits per heavy atom. The largest absolute Gasteiger partial charge is 0.408 e. The highest BCUT2D eigenvalue weighted by molar-refractivity contribution is 7.98. The maximum atomic E-state index is 12.8. The standard InChI is InChI=1S/C15H20F3N5OS/c1-9-14(11(3)24)10(2)22(20-9)7-13-19-12(5-6-25-4)21-23(13)8-15(16,17)18/h5-8H2,1-4H3. The number of hydrogen-bond acceptors (Lipinski definition) is 5. The van der Waals surface area contributed by atoms with Crippen LogP contribution in [0.25, 0.3) is 0 Å². The van der Waals surface area contributed by atoms with E-state index in [-0.39, 0.29) is 18.2 Å². The Kier molecular flexibility index (Phi) is 5.91. The molecule has 0 amide bonds. The minimum Gasteiger partial charge on any atom is -0.294 e. The molecule has 0 spiro atoms. The molecular formula is C15H20F3N5OS. The monoisotopic (exact) mass is 375 g/mol. The van der Waals surface area contributed by atoms with Crippen LogP contribution in [0.15, 0.2) is 0 Å². The molecule has 138 valence electrons. The van der Waals surface area contributed by atoms with Gasteiger partial charge in [-0.1, -0.05) is 0 Å². The number of thioether (sulfide) groups is 1. The fourth-order valence-corrected chi connectivity index (χ4v) is 3.02. The molecule has 10 heteroatoms. The van der Waals surface area contributed by atoms with Crippen LogP contribution in [0.1, 0.15) is 40.3 Å². The molecular weight excluding hydrogens is 355 g/mol. The zero-order chi connectivity index (χ0) is 18.8. The molecule has 2 rings (SSSR count). The van der Waals surface area contributed by atoms with Crippen molar-refractivity contribution in [2.24, 2.45) is 0 Å². The van der Waals surface area contributed by atoms with Gasteiger partial charge in [-0.15, -0.1) is 0 Å². The zero-order valence-electron chi connectivity index (χ0n) is 14.5.